The van der Waals surface area contributed by atoms with E-state index in [0.29, 0.717) is 0 Å². The van der Waals surface area contributed by atoms with Crippen LogP contribution in [0.3, 0.4) is 0 Å². The van der Waals surface area contributed by atoms with Gasteiger partial charge in [0.25, 0.3) is 0 Å². The zero-order valence-corrected chi connectivity index (χ0v) is 10.5. The summed E-state index contributed by atoms with van der Waals surface area (Å²) in [5, 5.41) is 4.63. The third kappa shape index (κ3) is 3.36. The normalized spacial score (nSPS) is 36.2. The van der Waals surface area contributed by atoms with Crippen LogP contribution in [0.2, 0.25) is 0 Å². The molecular weight excluding hydrogens is 206 g/mol. The van der Waals surface area contributed by atoms with Crippen molar-refractivity contribution in [3.63, 3.8) is 0 Å². The first-order valence-corrected chi connectivity index (χ1v) is 7.37. The fraction of sp³-hybridized carbons (Fsp3) is 1.00. The Labute approximate surface area is 97.5 Å². The molecule has 3 atom stereocenters. The van der Waals surface area contributed by atoms with Gasteiger partial charge in [0.05, 0.1) is 6.61 Å². The molecule has 0 unspecified atom stereocenters. The Morgan fingerprint density at radius 1 is 1.33 bits per heavy atom. The molecule has 1 aliphatic carbocycles. The van der Waals surface area contributed by atoms with E-state index >= 15 is 0 Å². The van der Waals surface area contributed by atoms with E-state index in [9.17, 15) is 0 Å². The van der Waals surface area contributed by atoms with Gasteiger partial charge >= 0.3 is 0 Å². The number of hydrogen-bond donors (Lipinski definition) is 1. The predicted octanol–water partition coefficient (Wildman–Crippen LogP) is 2.29. The summed E-state index contributed by atoms with van der Waals surface area (Å²) >= 11 is 2.14. The van der Waals surface area contributed by atoms with Crippen molar-refractivity contribution >= 4 is 11.8 Å². The Balaban J connectivity index is 1.68. The van der Waals surface area contributed by atoms with E-state index in [0.717, 1.165) is 30.4 Å². The Kier molecular flexibility index (Phi) is 4.79. The number of rotatable bonds is 5. The Morgan fingerprint density at radius 3 is 3.00 bits per heavy atom. The van der Waals surface area contributed by atoms with Crippen molar-refractivity contribution in [3.8, 4) is 0 Å². The highest BCUT2D eigenvalue weighted by molar-refractivity contribution is 7.99. The summed E-state index contributed by atoms with van der Waals surface area (Å²) in [5.74, 6) is 2.04. The molecule has 0 spiro atoms. The molecule has 88 valence electrons. The summed E-state index contributed by atoms with van der Waals surface area (Å²) in [6, 6.07) is 0.774. The van der Waals surface area contributed by atoms with Gasteiger partial charge in [0, 0.05) is 24.4 Å². The van der Waals surface area contributed by atoms with Crippen LogP contribution in [0.25, 0.3) is 0 Å². The first-order chi connectivity index (χ1) is 7.40. The molecule has 1 N–H and O–H groups in total. The Morgan fingerprint density at radius 2 is 2.27 bits per heavy atom. The molecule has 1 aliphatic heterocycles. The molecule has 0 aromatic heterocycles. The van der Waals surface area contributed by atoms with Gasteiger partial charge < -0.3 is 10.1 Å². The van der Waals surface area contributed by atoms with E-state index in [1.807, 2.05) is 0 Å². The molecule has 3 heteroatoms. The highest BCUT2D eigenvalue weighted by Gasteiger charge is 2.27. The maximum Gasteiger partial charge on any atom is 0.0507 e. The van der Waals surface area contributed by atoms with E-state index in [-0.39, 0.29) is 0 Å². The van der Waals surface area contributed by atoms with E-state index in [1.54, 1.807) is 0 Å². The van der Waals surface area contributed by atoms with Gasteiger partial charge in [0.15, 0.2) is 0 Å². The Bertz CT molecular complexity index is 182. The molecule has 0 aromatic rings. The summed E-state index contributed by atoms with van der Waals surface area (Å²) in [4.78, 5) is 0. The van der Waals surface area contributed by atoms with Gasteiger partial charge in [-0.05, 0) is 30.9 Å². The van der Waals surface area contributed by atoms with E-state index in [1.165, 1.54) is 38.0 Å². The number of thioether (sulfide) groups is 1. The standard InChI is InChI=1S/C12H23NOS/c1-2-15-12-5-3-4-11(12)13-8-10-6-7-14-9-10/h10-13H,2-9H2,1H3/t10-,11+,12+/m0/s1. The van der Waals surface area contributed by atoms with Gasteiger partial charge in [0.2, 0.25) is 0 Å². The zero-order chi connectivity index (χ0) is 10.5. The third-order valence-electron chi connectivity index (χ3n) is 3.53. The van der Waals surface area contributed by atoms with Gasteiger partial charge in [-0.1, -0.05) is 13.3 Å². The van der Waals surface area contributed by atoms with Crippen molar-refractivity contribution in [1.82, 2.24) is 5.32 Å². The first kappa shape index (κ1) is 11.7. The van der Waals surface area contributed by atoms with Crippen LogP contribution in [0, 0.1) is 5.92 Å². The molecule has 0 amide bonds. The van der Waals surface area contributed by atoms with Crippen LogP contribution in [0.1, 0.15) is 32.6 Å². The lowest BCUT2D eigenvalue weighted by Gasteiger charge is -2.21. The minimum absolute atomic E-state index is 0.774. The molecule has 0 aromatic carbocycles. The average Bonchev–Trinajstić information content (AvgIpc) is 2.85. The van der Waals surface area contributed by atoms with Crippen LogP contribution in [0.4, 0.5) is 0 Å². The summed E-state index contributed by atoms with van der Waals surface area (Å²) < 4.78 is 5.40. The number of ether oxygens (including phenoxy) is 1. The van der Waals surface area contributed by atoms with Crippen LogP contribution < -0.4 is 5.32 Å². The molecule has 15 heavy (non-hydrogen) atoms. The predicted molar refractivity (Wildman–Crippen MR) is 66.5 cm³/mol. The SMILES string of the molecule is CCS[C@@H]1CCC[C@H]1NC[C@@H]1CCOC1. The summed E-state index contributed by atoms with van der Waals surface area (Å²) in [6.07, 6.45) is 5.46. The van der Waals surface area contributed by atoms with E-state index in [4.69, 9.17) is 4.74 Å². The van der Waals surface area contributed by atoms with Crippen molar-refractivity contribution in [3.05, 3.63) is 0 Å². The maximum absolute atomic E-state index is 5.40. The van der Waals surface area contributed by atoms with Crippen LogP contribution >= 0.6 is 11.8 Å². The van der Waals surface area contributed by atoms with E-state index < -0.39 is 0 Å². The quantitative estimate of drug-likeness (QED) is 0.781. The molecule has 2 rings (SSSR count). The molecule has 1 saturated heterocycles. The molecule has 0 radical (unpaired) electrons. The van der Waals surface area contributed by atoms with Crippen LogP contribution in [0.5, 0.6) is 0 Å². The van der Waals surface area contributed by atoms with Crippen molar-refractivity contribution < 1.29 is 4.74 Å². The third-order valence-corrected chi connectivity index (χ3v) is 4.85. The van der Waals surface area contributed by atoms with Crippen molar-refractivity contribution in [2.75, 3.05) is 25.5 Å². The molecule has 1 saturated carbocycles. The monoisotopic (exact) mass is 229 g/mol. The molecular formula is C12H23NOS. The average molecular weight is 229 g/mol. The maximum atomic E-state index is 5.40. The van der Waals surface area contributed by atoms with Crippen molar-refractivity contribution in [1.29, 1.82) is 0 Å². The fourth-order valence-corrected chi connectivity index (χ4v) is 3.86. The number of nitrogens with one attached hydrogen (secondary N) is 1. The smallest absolute Gasteiger partial charge is 0.0507 e. The van der Waals surface area contributed by atoms with Gasteiger partial charge in [-0.3, -0.25) is 0 Å². The van der Waals surface area contributed by atoms with Crippen LogP contribution in [-0.4, -0.2) is 36.8 Å². The van der Waals surface area contributed by atoms with E-state index in [2.05, 4.69) is 24.0 Å². The highest BCUT2D eigenvalue weighted by Crippen LogP contribution is 2.30. The molecule has 2 fully saturated rings. The lowest BCUT2D eigenvalue weighted by Crippen LogP contribution is -2.37. The second-order valence-electron chi connectivity index (χ2n) is 4.67. The minimum atomic E-state index is 0.774. The topological polar surface area (TPSA) is 21.3 Å². The lowest BCUT2D eigenvalue weighted by molar-refractivity contribution is 0.184. The van der Waals surface area contributed by atoms with Crippen LogP contribution in [0.15, 0.2) is 0 Å². The first-order valence-electron chi connectivity index (χ1n) is 6.33. The molecule has 2 aliphatic rings. The second kappa shape index (κ2) is 6.12. The highest BCUT2D eigenvalue weighted by atomic mass is 32.2. The number of hydrogen-bond acceptors (Lipinski definition) is 3. The van der Waals surface area contributed by atoms with Crippen molar-refractivity contribution in [2.24, 2.45) is 5.92 Å². The van der Waals surface area contributed by atoms with Gasteiger partial charge in [-0.15, -0.1) is 0 Å². The zero-order valence-electron chi connectivity index (χ0n) is 9.71. The summed E-state index contributed by atoms with van der Waals surface area (Å²) in [6.45, 7) is 5.39. The molecule has 2 nitrogen and oxygen atoms in total. The minimum Gasteiger partial charge on any atom is -0.381 e. The van der Waals surface area contributed by atoms with Gasteiger partial charge in [0.1, 0.15) is 0 Å². The largest absolute Gasteiger partial charge is 0.381 e. The molecule has 0 bridgehead atoms. The lowest BCUT2D eigenvalue weighted by atomic mass is 10.1. The summed E-state index contributed by atoms with van der Waals surface area (Å²) in [7, 11) is 0. The van der Waals surface area contributed by atoms with Gasteiger partial charge in [-0.2, -0.15) is 11.8 Å². The van der Waals surface area contributed by atoms with Gasteiger partial charge in [-0.25, -0.2) is 0 Å². The second-order valence-corrected chi connectivity index (χ2v) is 6.19. The summed E-state index contributed by atoms with van der Waals surface area (Å²) in [5.41, 5.74) is 0. The Hall–Kier alpha value is 0.270. The fourth-order valence-electron chi connectivity index (χ4n) is 2.64. The van der Waals surface area contributed by atoms with Crippen molar-refractivity contribution in [2.45, 2.75) is 43.9 Å². The van der Waals surface area contributed by atoms with Crippen LogP contribution in [-0.2, 0) is 4.74 Å². The molecule has 1 heterocycles.